The highest BCUT2D eigenvalue weighted by molar-refractivity contribution is 5.61. The number of pyridine rings is 1. The molecule has 0 spiro atoms. The van der Waals surface area contributed by atoms with Gasteiger partial charge in [0.15, 0.2) is 0 Å². The molecule has 3 nitrogen and oxygen atoms in total. The topological polar surface area (TPSA) is 34.4 Å². The molecule has 0 saturated heterocycles. The maximum atomic E-state index is 13.3. The molecule has 2 fully saturated rings. The fraction of sp³-hybridized carbons (Fsp3) is 0.583. The number of hydrogen-bond donors (Lipinski definition) is 0. The molecule has 140 valence electrons. The fourth-order valence-corrected chi connectivity index (χ4v) is 7.71. The summed E-state index contributed by atoms with van der Waals surface area (Å²) in [5.74, 6) is 0.979. The molecule has 2 aromatic heterocycles. The van der Waals surface area contributed by atoms with Crippen molar-refractivity contribution in [1.82, 2.24) is 9.38 Å². The normalized spacial score (nSPS) is 40.2. The van der Waals surface area contributed by atoms with E-state index in [1.807, 2.05) is 0 Å². The molecule has 4 aliphatic rings. The molecule has 0 aliphatic heterocycles. The van der Waals surface area contributed by atoms with Crippen molar-refractivity contribution in [3.05, 3.63) is 43.3 Å². The van der Waals surface area contributed by atoms with Gasteiger partial charge in [0.25, 0.3) is 5.56 Å². The Hall–Kier alpha value is -1.90. The Morgan fingerprint density at radius 3 is 2.63 bits per heavy atom. The highest BCUT2D eigenvalue weighted by Gasteiger charge is 2.81. The summed E-state index contributed by atoms with van der Waals surface area (Å²) in [4.78, 5) is 18.1. The van der Waals surface area contributed by atoms with Crippen LogP contribution in [0.3, 0.4) is 0 Å². The monoisotopic (exact) mass is 360 g/mol. The van der Waals surface area contributed by atoms with Gasteiger partial charge in [0.2, 0.25) is 0 Å². The second-order valence-corrected chi connectivity index (χ2v) is 10.5. The summed E-state index contributed by atoms with van der Waals surface area (Å²) in [5, 5.41) is 2.46. The van der Waals surface area contributed by atoms with Crippen LogP contribution in [-0.2, 0) is 5.41 Å². The molecular weight excluding hydrogens is 332 g/mol. The summed E-state index contributed by atoms with van der Waals surface area (Å²) in [7, 11) is 0. The van der Waals surface area contributed by atoms with Crippen molar-refractivity contribution < 1.29 is 0 Å². The van der Waals surface area contributed by atoms with Gasteiger partial charge in [0.1, 0.15) is 5.65 Å². The van der Waals surface area contributed by atoms with Crippen LogP contribution in [0.5, 0.6) is 0 Å². The standard InChI is InChI=1S/C24H28N2O/c1-12-7-8-15-13(2)14(3)26-19-17-10-22(4)11-23(5,24(17,22)6)18(19)21(27)25-20(26)16(15)9-12/h8-9,12,17H,7,10-11H2,1-6H3. The van der Waals surface area contributed by atoms with E-state index in [-0.39, 0.29) is 16.4 Å². The summed E-state index contributed by atoms with van der Waals surface area (Å²) >= 11 is 0. The molecule has 5 atom stereocenters. The molecule has 27 heavy (non-hydrogen) atoms. The van der Waals surface area contributed by atoms with Gasteiger partial charge in [-0.1, -0.05) is 39.8 Å². The fourth-order valence-electron chi connectivity index (χ4n) is 7.71. The Balaban J connectivity index is 1.85. The summed E-state index contributed by atoms with van der Waals surface area (Å²) in [5.41, 5.74) is 6.42. The zero-order chi connectivity index (χ0) is 19.1. The van der Waals surface area contributed by atoms with Crippen LogP contribution >= 0.6 is 0 Å². The summed E-state index contributed by atoms with van der Waals surface area (Å²) in [6.07, 6.45) is 8.07. The highest BCUT2D eigenvalue weighted by Crippen LogP contribution is 2.86. The lowest BCUT2D eigenvalue weighted by atomic mass is 9.28. The van der Waals surface area contributed by atoms with Crippen LogP contribution < -0.4 is 16.0 Å². The lowest BCUT2D eigenvalue weighted by Gasteiger charge is -2.75. The minimum atomic E-state index is -0.00927. The van der Waals surface area contributed by atoms with Gasteiger partial charge in [-0.05, 0) is 60.6 Å². The summed E-state index contributed by atoms with van der Waals surface area (Å²) in [6, 6.07) is 0. The lowest BCUT2D eigenvalue weighted by molar-refractivity contribution is -0.228. The van der Waals surface area contributed by atoms with Gasteiger partial charge in [-0.2, -0.15) is 4.98 Å². The smallest absolute Gasteiger partial charge is 0.277 e. The first-order chi connectivity index (χ1) is 12.6. The number of fused-ring (bicyclic) bond motifs is 7. The zero-order valence-corrected chi connectivity index (χ0v) is 17.2. The Kier molecular flexibility index (Phi) is 2.52. The average molecular weight is 361 g/mol. The largest absolute Gasteiger partial charge is 0.301 e. The van der Waals surface area contributed by atoms with Gasteiger partial charge in [-0.3, -0.25) is 4.79 Å². The van der Waals surface area contributed by atoms with Crippen molar-refractivity contribution in [1.29, 1.82) is 0 Å². The van der Waals surface area contributed by atoms with Gasteiger partial charge >= 0.3 is 0 Å². The van der Waals surface area contributed by atoms with Crippen molar-refractivity contribution in [2.75, 3.05) is 0 Å². The third-order valence-electron chi connectivity index (χ3n) is 9.47. The minimum Gasteiger partial charge on any atom is -0.301 e. The Morgan fingerprint density at radius 2 is 1.93 bits per heavy atom. The number of hydrogen-bond acceptors (Lipinski definition) is 2. The van der Waals surface area contributed by atoms with E-state index in [1.165, 1.54) is 33.8 Å². The molecule has 4 aliphatic carbocycles. The van der Waals surface area contributed by atoms with E-state index in [2.05, 4.69) is 58.1 Å². The Morgan fingerprint density at radius 1 is 1.19 bits per heavy atom. The summed E-state index contributed by atoms with van der Waals surface area (Å²) in [6.45, 7) is 13.9. The second-order valence-electron chi connectivity index (χ2n) is 10.5. The molecule has 0 bridgehead atoms. The third kappa shape index (κ3) is 1.39. The van der Waals surface area contributed by atoms with Gasteiger partial charge in [-0.15, -0.1) is 0 Å². The lowest BCUT2D eigenvalue weighted by Crippen LogP contribution is -2.70. The number of nitrogens with zero attached hydrogens (tertiary/aromatic N) is 2. The van der Waals surface area contributed by atoms with Crippen molar-refractivity contribution in [3.63, 3.8) is 0 Å². The van der Waals surface area contributed by atoms with Crippen molar-refractivity contribution in [3.8, 4) is 0 Å². The molecule has 0 N–H and O–H groups in total. The average Bonchev–Trinajstić information content (AvgIpc) is 2.70. The Labute approximate surface area is 159 Å². The van der Waals surface area contributed by atoms with E-state index in [1.54, 1.807) is 0 Å². The molecule has 0 radical (unpaired) electrons. The van der Waals surface area contributed by atoms with E-state index >= 15 is 0 Å². The molecular formula is C24H28N2O. The Bertz CT molecular complexity index is 1270. The van der Waals surface area contributed by atoms with Crippen LogP contribution in [0.25, 0.3) is 17.8 Å². The predicted octanol–water partition coefficient (Wildman–Crippen LogP) is 3.09. The van der Waals surface area contributed by atoms with E-state index < -0.39 is 0 Å². The first-order valence-corrected chi connectivity index (χ1v) is 10.4. The van der Waals surface area contributed by atoms with Crippen LogP contribution in [0.2, 0.25) is 0 Å². The highest BCUT2D eigenvalue weighted by atomic mass is 16.1. The molecule has 6 rings (SSSR count). The van der Waals surface area contributed by atoms with Crippen molar-refractivity contribution >= 4 is 17.8 Å². The van der Waals surface area contributed by atoms with Gasteiger partial charge in [-0.25, -0.2) is 0 Å². The van der Waals surface area contributed by atoms with Crippen LogP contribution in [-0.4, -0.2) is 9.38 Å². The number of aromatic nitrogens is 2. The SMILES string of the molecule is Cc1c(C)n2c3c(c(=O)nc2c2c1=CCC(C)C=2)C1(C)CC2(C)CC3C21C. The van der Waals surface area contributed by atoms with E-state index in [0.29, 0.717) is 17.3 Å². The van der Waals surface area contributed by atoms with Crippen molar-refractivity contribution in [2.24, 2.45) is 16.7 Å². The molecule has 2 aromatic rings. The number of aryl methyl sites for hydroxylation is 1. The van der Waals surface area contributed by atoms with Gasteiger partial charge in [0, 0.05) is 33.5 Å². The first-order valence-electron chi connectivity index (χ1n) is 10.4. The van der Waals surface area contributed by atoms with E-state index in [9.17, 15) is 4.79 Å². The first kappa shape index (κ1) is 16.1. The molecule has 5 unspecified atom stereocenters. The molecule has 0 amide bonds. The second kappa shape index (κ2) is 4.24. The maximum absolute atomic E-state index is 13.3. The van der Waals surface area contributed by atoms with Crippen molar-refractivity contribution in [2.45, 2.75) is 72.1 Å². The molecule has 0 aromatic carbocycles. The predicted molar refractivity (Wildman–Crippen MR) is 108 cm³/mol. The molecule has 3 heteroatoms. The van der Waals surface area contributed by atoms with Crippen LogP contribution in [0.15, 0.2) is 4.79 Å². The summed E-state index contributed by atoms with van der Waals surface area (Å²) < 4.78 is 2.38. The van der Waals surface area contributed by atoms with Crippen LogP contribution in [0, 0.1) is 30.6 Å². The maximum Gasteiger partial charge on any atom is 0.277 e. The molecule has 2 saturated carbocycles. The van der Waals surface area contributed by atoms with Crippen LogP contribution in [0.4, 0.5) is 0 Å². The molecule has 2 heterocycles. The van der Waals surface area contributed by atoms with Gasteiger partial charge in [0.05, 0.1) is 0 Å². The van der Waals surface area contributed by atoms with Crippen LogP contribution in [0.1, 0.15) is 75.4 Å². The van der Waals surface area contributed by atoms with E-state index in [0.717, 1.165) is 24.1 Å². The number of rotatable bonds is 0. The third-order valence-corrected chi connectivity index (χ3v) is 9.47. The zero-order valence-electron chi connectivity index (χ0n) is 17.2. The quantitative estimate of drug-likeness (QED) is 0.724. The van der Waals surface area contributed by atoms with E-state index in [4.69, 9.17) is 4.98 Å². The minimum absolute atomic E-state index is 0.00927. The van der Waals surface area contributed by atoms with Gasteiger partial charge < -0.3 is 4.40 Å².